The molecule has 0 spiro atoms. The summed E-state index contributed by atoms with van der Waals surface area (Å²) < 4.78 is 33.2. The largest absolute Gasteiger partial charge is 0.359 e. The number of aromatic nitrogens is 1. The van der Waals surface area contributed by atoms with Crippen LogP contribution in [-0.2, 0) is 16.4 Å². The van der Waals surface area contributed by atoms with Gasteiger partial charge in [-0.15, -0.1) is 0 Å². The van der Waals surface area contributed by atoms with Crippen molar-refractivity contribution in [2.45, 2.75) is 51.0 Å². The average molecular weight is 334 g/mol. The van der Waals surface area contributed by atoms with Crippen molar-refractivity contribution in [1.82, 2.24) is 9.46 Å². The summed E-state index contributed by atoms with van der Waals surface area (Å²) in [5.74, 6) is 0.647. The number of benzene rings is 1. The lowest BCUT2D eigenvalue weighted by atomic mass is 10.1. The smallest absolute Gasteiger partial charge is 0.244 e. The SMILES string of the molecule is CCc1cc(C2CCCN2S(=O)(=O)c2cc(C)ccc2C)on1. The zero-order chi connectivity index (χ0) is 16.6. The van der Waals surface area contributed by atoms with Gasteiger partial charge in [-0.1, -0.05) is 24.2 Å². The van der Waals surface area contributed by atoms with Gasteiger partial charge >= 0.3 is 0 Å². The van der Waals surface area contributed by atoms with E-state index in [4.69, 9.17) is 4.52 Å². The van der Waals surface area contributed by atoms with Crippen LogP contribution in [0.3, 0.4) is 0 Å². The Hall–Kier alpha value is -1.66. The third kappa shape index (κ3) is 2.93. The predicted molar refractivity (Wildman–Crippen MR) is 87.7 cm³/mol. The van der Waals surface area contributed by atoms with Gasteiger partial charge in [0, 0.05) is 12.6 Å². The molecule has 1 aromatic carbocycles. The molecule has 6 heteroatoms. The van der Waals surface area contributed by atoms with E-state index in [1.165, 1.54) is 0 Å². The van der Waals surface area contributed by atoms with Gasteiger partial charge in [-0.05, 0) is 50.3 Å². The van der Waals surface area contributed by atoms with Crippen LogP contribution < -0.4 is 0 Å². The van der Waals surface area contributed by atoms with Crippen molar-refractivity contribution in [3.8, 4) is 0 Å². The van der Waals surface area contributed by atoms with E-state index in [9.17, 15) is 8.42 Å². The molecule has 2 aromatic rings. The van der Waals surface area contributed by atoms with E-state index in [0.29, 0.717) is 17.2 Å². The molecule has 1 unspecified atom stereocenters. The highest BCUT2D eigenvalue weighted by atomic mass is 32.2. The first-order chi connectivity index (χ1) is 10.9. The molecular formula is C17H22N2O3S. The number of sulfonamides is 1. The third-order valence-corrected chi connectivity index (χ3v) is 6.45. The number of rotatable bonds is 4. The van der Waals surface area contributed by atoms with Gasteiger partial charge in [0.15, 0.2) is 5.76 Å². The first-order valence-corrected chi connectivity index (χ1v) is 9.42. The topological polar surface area (TPSA) is 63.4 Å². The summed E-state index contributed by atoms with van der Waals surface area (Å²) in [5.41, 5.74) is 2.57. The van der Waals surface area contributed by atoms with Crippen LogP contribution in [0.25, 0.3) is 0 Å². The molecule has 1 saturated heterocycles. The normalized spacial score (nSPS) is 19.3. The molecule has 23 heavy (non-hydrogen) atoms. The van der Waals surface area contributed by atoms with E-state index in [1.807, 2.05) is 39.0 Å². The Bertz CT molecular complexity index is 811. The molecule has 5 nitrogen and oxygen atoms in total. The van der Waals surface area contributed by atoms with Gasteiger partial charge in [-0.2, -0.15) is 4.31 Å². The van der Waals surface area contributed by atoms with Crippen LogP contribution >= 0.6 is 0 Å². The van der Waals surface area contributed by atoms with Crippen molar-refractivity contribution >= 4 is 10.0 Å². The highest BCUT2D eigenvalue weighted by molar-refractivity contribution is 7.89. The van der Waals surface area contributed by atoms with E-state index in [1.54, 1.807) is 10.4 Å². The molecular weight excluding hydrogens is 312 g/mol. The Morgan fingerprint density at radius 2 is 2.09 bits per heavy atom. The van der Waals surface area contributed by atoms with E-state index >= 15 is 0 Å². The predicted octanol–water partition coefficient (Wildman–Crippen LogP) is 3.38. The molecule has 124 valence electrons. The summed E-state index contributed by atoms with van der Waals surface area (Å²) in [4.78, 5) is 0.389. The minimum atomic E-state index is -3.54. The van der Waals surface area contributed by atoms with Gasteiger partial charge in [0.05, 0.1) is 16.6 Å². The minimum Gasteiger partial charge on any atom is -0.359 e. The number of hydrogen-bond donors (Lipinski definition) is 0. The van der Waals surface area contributed by atoms with Crippen molar-refractivity contribution < 1.29 is 12.9 Å². The van der Waals surface area contributed by atoms with Gasteiger partial charge in [0.2, 0.25) is 10.0 Å². The molecule has 2 heterocycles. The zero-order valence-corrected chi connectivity index (χ0v) is 14.6. The van der Waals surface area contributed by atoms with Crippen LogP contribution in [0.15, 0.2) is 33.7 Å². The summed E-state index contributed by atoms with van der Waals surface area (Å²) in [6.45, 7) is 6.26. The Labute approximate surface area is 137 Å². The molecule has 0 aliphatic carbocycles. The summed E-state index contributed by atoms with van der Waals surface area (Å²) in [7, 11) is -3.54. The van der Waals surface area contributed by atoms with Crippen molar-refractivity contribution in [1.29, 1.82) is 0 Å². The maximum absolute atomic E-state index is 13.1. The van der Waals surface area contributed by atoms with Crippen molar-refractivity contribution in [3.05, 3.63) is 46.8 Å². The van der Waals surface area contributed by atoms with E-state index < -0.39 is 10.0 Å². The number of aryl methyl sites for hydroxylation is 3. The standard InChI is InChI=1S/C17H22N2O3S/c1-4-14-11-16(22-18-14)15-6-5-9-19(15)23(20,21)17-10-12(2)7-8-13(17)3/h7-8,10-11,15H,4-6,9H2,1-3H3. The molecule has 0 radical (unpaired) electrons. The van der Waals surface area contributed by atoms with Crippen LogP contribution in [-0.4, -0.2) is 24.4 Å². The van der Waals surface area contributed by atoms with E-state index in [2.05, 4.69) is 5.16 Å². The molecule has 3 rings (SSSR count). The fraction of sp³-hybridized carbons (Fsp3) is 0.471. The van der Waals surface area contributed by atoms with Gasteiger partial charge in [-0.25, -0.2) is 8.42 Å². The third-order valence-electron chi connectivity index (χ3n) is 4.40. The minimum absolute atomic E-state index is 0.257. The van der Waals surface area contributed by atoms with Crippen LogP contribution in [0.4, 0.5) is 0 Å². The molecule has 0 saturated carbocycles. The van der Waals surface area contributed by atoms with Gasteiger partial charge < -0.3 is 4.52 Å². The monoisotopic (exact) mass is 334 g/mol. The second kappa shape index (κ2) is 6.09. The highest BCUT2D eigenvalue weighted by Gasteiger charge is 2.38. The summed E-state index contributed by atoms with van der Waals surface area (Å²) in [6.07, 6.45) is 2.37. The van der Waals surface area contributed by atoms with Crippen LogP contribution in [0.5, 0.6) is 0 Å². The van der Waals surface area contributed by atoms with Crippen LogP contribution in [0.1, 0.15) is 48.4 Å². The first kappa shape index (κ1) is 16.2. The number of nitrogens with zero attached hydrogens (tertiary/aromatic N) is 2. The highest BCUT2D eigenvalue weighted by Crippen LogP contribution is 2.37. The van der Waals surface area contributed by atoms with Crippen molar-refractivity contribution in [2.75, 3.05) is 6.54 Å². The molecule has 1 aromatic heterocycles. The van der Waals surface area contributed by atoms with Crippen LogP contribution in [0.2, 0.25) is 0 Å². The molecule has 0 amide bonds. The van der Waals surface area contributed by atoms with E-state index in [0.717, 1.165) is 36.1 Å². The second-order valence-electron chi connectivity index (χ2n) is 6.12. The maximum atomic E-state index is 13.1. The van der Waals surface area contributed by atoms with Crippen molar-refractivity contribution in [3.63, 3.8) is 0 Å². The lowest BCUT2D eigenvalue weighted by molar-refractivity contribution is 0.296. The second-order valence-corrected chi connectivity index (χ2v) is 7.98. The van der Waals surface area contributed by atoms with Gasteiger partial charge in [0.25, 0.3) is 0 Å². The molecule has 1 fully saturated rings. The van der Waals surface area contributed by atoms with E-state index in [-0.39, 0.29) is 6.04 Å². The van der Waals surface area contributed by atoms with Gasteiger partial charge in [0.1, 0.15) is 0 Å². The lowest BCUT2D eigenvalue weighted by Crippen LogP contribution is -2.31. The molecule has 0 N–H and O–H groups in total. The fourth-order valence-electron chi connectivity index (χ4n) is 3.08. The molecule has 0 bridgehead atoms. The lowest BCUT2D eigenvalue weighted by Gasteiger charge is -2.23. The Morgan fingerprint density at radius 1 is 1.30 bits per heavy atom. The Kier molecular flexibility index (Phi) is 4.29. The maximum Gasteiger partial charge on any atom is 0.244 e. The van der Waals surface area contributed by atoms with Crippen molar-refractivity contribution in [2.24, 2.45) is 0 Å². The fourth-order valence-corrected chi connectivity index (χ4v) is 5.05. The molecule has 1 aliphatic heterocycles. The number of hydrogen-bond acceptors (Lipinski definition) is 4. The summed E-state index contributed by atoms with van der Waals surface area (Å²) >= 11 is 0. The average Bonchev–Trinajstić information content (AvgIpc) is 3.17. The summed E-state index contributed by atoms with van der Waals surface area (Å²) in [6, 6.07) is 7.16. The summed E-state index contributed by atoms with van der Waals surface area (Å²) in [5, 5.41) is 4.00. The molecule has 1 aliphatic rings. The molecule has 1 atom stereocenters. The first-order valence-electron chi connectivity index (χ1n) is 7.98. The quantitative estimate of drug-likeness (QED) is 0.860. The zero-order valence-electron chi connectivity index (χ0n) is 13.7. The Balaban J connectivity index is 1.99. The Morgan fingerprint density at radius 3 is 2.78 bits per heavy atom. The van der Waals surface area contributed by atoms with Crippen LogP contribution in [0, 0.1) is 13.8 Å². The van der Waals surface area contributed by atoms with Gasteiger partial charge in [-0.3, -0.25) is 0 Å².